The van der Waals surface area contributed by atoms with E-state index >= 15 is 0 Å². The molecule has 4 rings (SSSR count). The summed E-state index contributed by atoms with van der Waals surface area (Å²) in [6, 6.07) is 17.7. The van der Waals surface area contributed by atoms with Crippen molar-refractivity contribution >= 4 is 11.6 Å². The van der Waals surface area contributed by atoms with E-state index in [1.165, 1.54) is 0 Å². The van der Waals surface area contributed by atoms with Gasteiger partial charge in [0.2, 0.25) is 5.91 Å². The van der Waals surface area contributed by atoms with Crippen molar-refractivity contribution in [1.29, 1.82) is 0 Å². The minimum atomic E-state index is -0.171. The minimum absolute atomic E-state index is 0.153. The molecule has 4 nitrogen and oxygen atoms in total. The van der Waals surface area contributed by atoms with Gasteiger partial charge in [0.25, 0.3) is 0 Å². The summed E-state index contributed by atoms with van der Waals surface area (Å²) < 4.78 is 5.32. The van der Waals surface area contributed by atoms with Gasteiger partial charge in [-0.3, -0.25) is 14.6 Å². The number of amides is 1. The Balaban J connectivity index is 1.74. The molecule has 0 saturated carbocycles. The van der Waals surface area contributed by atoms with Crippen molar-refractivity contribution < 1.29 is 9.53 Å². The second-order valence-electron chi connectivity index (χ2n) is 6.08. The summed E-state index contributed by atoms with van der Waals surface area (Å²) in [6.45, 7) is 0.969. The molecule has 2 aliphatic heterocycles. The van der Waals surface area contributed by atoms with Crippen LogP contribution in [-0.2, 0) is 4.79 Å². The smallest absolute Gasteiger partial charge is 0.250 e. The molecule has 0 aliphatic carbocycles. The molecule has 0 spiro atoms. The van der Waals surface area contributed by atoms with E-state index in [0.717, 1.165) is 36.4 Å². The first-order valence-electron chi connectivity index (χ1n) is 8.07. The molecule has 2 fully saturated rings. The van der Waals surface area contributed by atoms with Crippen molar-refractivity contribution in [3.63, 3.8) is 0 Å². The van der Waals surface area contributed by atoms with Crippen molar-refractivity contribution in [2.45, 2.75) is 25.0 Å². The van der Waals surface area contributed by atoms with Crippen LogP contribution in [0.15, 0.2) is 54.6 Å². The predicted octanol–water partition coefficient (Wildman–Crippen LogP) is 3.21. The van der Waals surface area contributed by atoms with Crippen molar-refractivity contribution in [3.8, 4) is 5.75 Å². The third-order valence-electron chi connectivity index (χ3n) is 4.81. The number of nitrogens with zero attached hydrogens (tertiary/aromatic N) is 2. The van der Waals surface area contributed by atoms with Crippen molar-refractivity contribution in [2.75, 3.05) is 18.6 Å². The average Bonchev–Trinajstić information content (AvgIpc) is 3.15. The molecule has 2 aliphatic rings. The average molecular weight is 308 g/mol. The number of methoxy groups -OCH3 is 1. The minimum Gasteiger partial charge on any atom is -0.497 e. The van der Waals surface area contributed by atoms with Gasteiger partial charge in [0.1, 0.15) is 11.8 Å². The number of anilines is 1. The zero-order valence-electron chi connectivity index (χ0n) is 13.2. The molecule has 0 radical (unpaired) electrons. The molecule has 0 N–H and O–H groups in total. The molecular weight excluding hydrogens is 288 g/mol. The number of benzene rings is 2. The van der Waals surface area contributed by atoms with Crippen LogP contribution in [0.5, 0.6) is 5.75 Å². The van der Waals surface area contributed by atoms with Gasteiger partial charge in [-0.25, -0.2) is 0 Å². The Labute approximate surface area is 136 Å². The van der Waals surface area contributed by atoms with E-state index in [1.807, 2.05) is 59.5 Å². The summed E-state index contributed by atoms with van der Waals surface area (Å²) in [5, 5.41) is 0. The highest BCUT2D eigenvalue weighted by atomic mass is 16.5. The monoisotopic (exact) mass is 308 g/mol. The van der Waals surface area contributed by atoms with Crippen molar-refractivity contribution in [2.24, 2.45) is 0 Å². The maximum atomic E-state index is 13.2. The van der Waals surface area contributed by atoms with Crippen LogP contribution in [0.25, 0.3) is 0 Å². The van der Waals surface area contributed by atoms with E-state index in [0.29, 0.717) is 0 Å². The summed E-state index contributed by atoms with van der Waals surface area (Å²) in [5.41, 5.74) is 2.00. The van der Waals surface area contributed by atoms with Gasteiger partial charge in [-0.05, 0) is 30.5 Å². The van der Waals surface area contributed by atoms with Crippen LogP contribution in [0.4, 0.5) is 5.69 Å². The summed E-state index contributed by atoms with van der Waals surface area (Å²) in [5.74, 6) is 0.942. The van der Waals surface area contributed by atoms with E-state index in [-0.39, 0.29) is 18.1 Å². The molecule has 0 bridgehead atoms. The maximum absolute atomic E-state index is 13.2. The van der Waals surface area contributed by atoms with Gasteiger partial charge in [-0.2, -0.15) is 0 Å². The van der Waals surface area contributed by atoms with Crippen LogP contribution < -0.4 is 9.64 Å². The van der Waals surface area contributed by atoms with E-state index in [1.54, 1.807) is 7.11 Å². The van der Waals surface area contributed by atoms with E-state index in [2.05, 4.69) is 4.90 Å². The first-order chi connectivity index (χ1) is 11.3. The van der Waals surface area contributed by atoms with Crippen LogP contribution in [0.2, 0.25) is 0 Å². The Morgan fingerprint density at radius 3 is 2.70 bits per heavy atom. The van der Waals surface area contributed by atoms with E-state index < -0.39 is 0 Å². The fourth-order valence-electron chi connectivity index (χ4n) is 3.80. The number of fused-ring (bicyclic) bond motifs is 1. The third kappa shape index (κ3) is 2.30. The van der Waals surface area contributed by atoms with Crippen LogP contribution in [0.3, 0.4) is 0 Å². The van der Waals surface area contributed by atoms with Gasteiger partial charge in [-0.15, -0.1) is 0 Å². The van der Waals surface area contributed by atoms with Gasteiger partial charge in [-0.1, -0.05) is 36.4 Å². The highest BCUT2D eigenvalue weighted by Crippen LogP contribution is 2.42. The Bertz CT molecular complexity index is 716. The Kier molecular flexibility index (Phi) is 3.54. The lowest BCUT2D eigenvalue weighted by Gasteiger charge is -2.24. The number of hydrogen-bond acceptors (Lipinski definition) is 3. The summed E-state index contributed by atoms with van der Waals surface area (Å²) >= 11 is 0. The number of carbonyl (C=O) groups is 1. The Morgan fingerprint density at radius 2 is 1.91 bits per heavy atom. The van der Waals surface area contributed by atoms with Gasteiger partial charge in [0.15, 0.2) is 0 Å². The molecule has 118 valence electrons. The first kappa shape index (κ1) is 14.3. The SMILES string of the molecule is COc1cccc(N2C(=O)[C@@H](c3ccccc3)N3CCC[C@H]23)c1. The third-order valence-corrected chi connectivity index (χ3v) is 4.81. The molecule has 4 heteroatoms. The Hall–Kier alpha value is -2.33. The highest BCUT2D eigenvalue weighted by molar-refractivity contribution is 6.00. The molecule has 2 atom stereocenters. The Morgan fingerprint density at radius 1 is 1.09 bits per heavy atom. The standard InChI is InChI=1S/C19H20N2O2/c1-23-16-10-5-9-15(13-16)21-17-11-6-12-20(17)18(19(21)22)14-7-3-2-4-8-14/h2-5,7-10,13,17-18H,6,11-12H2,1H3/t17-,18+/m0/s1. The second-order valence-corrected chi connectivity index (χ2v) is 6.08. The summed E-state index contributed by atoms with van der Waals surface area (Å²) in [6.07, 6.45) is 2.30. The molecule has 1 amide bonds. The number of carbonyl (C=O) groups excluding carboxylic acids is 1. The number of ether oxygens (including phenoxy) is 1. The lowest BCUT2D eigenvalue weighted by molar-refractivity contribution is -0.119. The zero-order chi connectivity index (χ0) is 15.8. The van der Waals surface area contributed by atoms with Gasteiger partial charge < -0.3 is 4.74 Å². The van der Waals surface area contributed by atoms with Gasteiger partial charge in [0, 0.05) is 18.3 Å². The molecule has 0 aromatic heterocycles. The molecule has 2 aromatic rings. The zero-order valence-corrected chi connectivity index (χ0v) is 13.2. The fraction of sp³-hybridized carbons (Fsp3) is 0.316. The van der Waals surface area contributed by atoms with Crippen molar-refractivity contribution in [1.82, 2.24) is 4.90 Å². The van der Waals surface area contributed by atoms with E-state index in [4.69, 9.17) is 4.74 Å². The lowest BCUT2D eigenvalue weighted by Crippen LogP contribution is -2.35. The second kappa shape index (κ2) is 5.70. The van der Waals surface area contributed by atoms with E-state index in [9.17, 15) is 4.79 Å². The van der Waals surface area contributed by atoms with Gasteiger partial charge >= 0.3 is 0 Å². The number of hydrogen-bond donors (Lipinski definition) is 0. The van der Waals surface area contributed by atoms with Crippen molar-refractivity contribution in [3.05, 3.63) is 60.2 Å². The van der Waals surface area contributed by atoms with Crippen LogP contribution >= 0.6 is 0 Å². The molecule has 0 unspecified atom stereocenters. The normalized spacial score (nSPS) is 24.0. The van der Waals surface area contributed by atoms with Crippen LogP contribution in [0.1, 0.15) is 24.4 Å². The fourth-order valence-corrected chi connectivity index (χ4v) is 3.80. The molecule has 23 heavy (non-hydrogen) atoms. The largest absolute Gasteiger partial charge is 0.497 e. The van der Waals surface area contributed by atoms with Crippen LogP contribution in [0, 0.1) is 0 Å². The summed E-state index contributed by atoms with van der Waals surface area (Å²) in [7, 11) is 1.65. The molecular formula is C19H20N2O2. The number of rotatable bonds is 3. The lowest BCUT2D eigenvalue weighted by atomic mass is 10.1. The maximum Gasteiger partial charge on any atom is 0.250 e. The quantitative estimate of drug-likeness (QED) is 0.873. The summed E-state index contributed by atoms with van der Waals surface area (Å²) in [4.78, 5) is 17.4. The molecule has 2 saturated heterocycles. The molecule has 2 aromatic carbocycles. The first-order valence-corrected chi connectivity index (χ1v) is 8.07. The highest BCUT2D eigenvalue weighted by Gasteiger charge is 2.49. The van der Waals surface area contributed by atoms with Crippen LogP contribution in [-0.4, -0.2) is 30.6 Å². The molecule has 2 heterocycles. The predicted molar refractivity (Wildman–Crippen MR) is 89.4 cm³/mol. The van der Waals surface area contributed by atoms with Gasteiger partial charge in [0.05, 0.1) is 13.3 Å². The topological polar surface area (TPSA) is 32.8 Å².